The third-order valence-corrected chi connectivity index (χ3v) is 3.91. The maximum Gasteiger partial charge on any atom is 0.0416 e. The van der Waals surface area contributed by atoms with Crippen LogP contribution in [-0.4, -0.2) is 23.5 Å². The third-order valence-electron chi connectivity index (χ3n) is 2.82. The zero-order chi connectivity index (χ0) is 12.8. The fourth-order valence-electron chi connectivity index (χ4n) is 1.81. The molecule has 0 atom stereocenters. The first-order valence-corrected chi connectivity index (χ1v) is 6.95. The minimum atomic E-state index is 0.641. The van der Waals surface area contributed by atoms with E-state index in [1.807, 2.05) is 18.3 Å². The molecule has 0 amide bonds. The van der Waals surface area contributed by atoms with Gasteiger partial charge in [-0.2, -0.15) is 0 Å². The molecule has 0 aromatic carbocycles. The Hall–Kier alpha value is -1.23. The summed E-state index contributed by atoms with van der Waals surface area (Å²) < 4.78 is 0. The molecule has 0 bridgehead atoms. The number of likely N-dealkylation sites (N-methyl/N-ethyl adjacent to an activating group) is 1. The van der Waals surface area contributed by atoms with Gasteiger partial charge in [0.1, 0.15) is 0 Å². The largest absolute Gasteiger partial charge is 0.326 e. The fraction of sp³-hybridized carbons (Fsp3) is 0.357. The van der Waals surface area contributed by atoms with Gasteiger partial charge in [0.05, 0.1) is 0 Å². The van der Waals surface area contributed by atoms with Crippen molar-refractivity contribution in [3.8, 4) is 0 Å². The Morgan fingerprint density at radius 2 is 2.06 bits per heavy atom. The molecule has 0 aliphatic carbocycles. The van der Waals surface area contributed by atoms with Crippen LogP contribution in [-0.2, 0) is 19.5 Å². The van der Waals surface area contributed by atoms with E-state index in [1.165, 1.54) is 9.75 Å². The van der Waals surface area contributed by atoms with E-state index >= 15 is 0 Å². The quantitative estimate of drug-likeness (QED) is 0.867. The van der Waals surface area contributed by atoms with Gasteiger partial charge in [0, 0.05) is 47.7 Å². The highest BCUT2D eigenvalue weighted by molar-refractivity contribution is 7.11. The molecule has 0 aliphatic heterocycles. The minimum Gasteiger partial charge on any atom is -0.326 e. The van der Waals surface area contributed by atoms with E-state index in [-0.39, 0.29) is 0 Å². The number of aromatic nitrogens is 1. The molecule has 2 heterocycles. The molecular formula is C14H19N3S. The highest BCUT2D eigenvalue weighted by Crippen LogP contribution is 2.17. The summed E-state index contributed by atoms with van der Waals surface area (Å²) in [6.45, 7) is 2.65. The number of pyridine rings is 1. The maximum atomic E-state index is 5.62. The second-order valence-electron chi connectivity index (χ2n) is 4.38. The topological polar surface area (TPSA) is 42.2 Å². The van der Waals surface area contributed by atoms with Gasteiger partial charge in [0.15, 0.2) is 0 Å². The molecule has 3 nitrogen and oxygen atoms in total. The van der Waals surface area contributed by atoms with E-state index in [1.54, 1.807) is 11.3 Å². The molecular weight excluding hydrogens is 242 g/mol. The van der Waals surface area contributed by atoms with Gasteiger partial charge in [-0.3, -0.25) is 4.98 Å². The van der Waals surface area contributed by atoms with E-state index in [4.69, 9.17) is 5.73 Å². The van der Waals surface area contributed by atoms with Crippen LogP contribution in [0, 0.1) is 0 Å². The number of nitrogens with zero attached hydrogens (tertiary/aromatic N) is 2. The molecule has 96 valence electrons. The number of nitrogens with two attached hydrogens (primary N) is 1. The zero-order valence-corrected chi connectivity index (χ0v) is 11.5. The van der Waals surface area contributed by atoms with Crippen molar-refractivity contribution in [3.05, 3.63) is 52.0 Å². The minimum absolute atomic E-state index is 0.641. The highest BCUT2D eigenvalue weighted by Gasteiger charge is 2.04. The number of thiophene rings is 1. The van der Waals surface area contributed by atoms with Crippen molar-refractivity contribution >= 4 is 11.3 Å². The maximum absolute atomic E-state index is 5.62. The molecule has 2 aromatic rings. The lowest BCUT2D eigenvalue weighted by Gasteiger charge is -2.15. The first-order chi connectivity index (χ1) is 8.78. The Kier molecular flexibility index (Phi) is 4.87. The van der Waals surface area contributed by atoms with Crippen LogP contribution in [0.4, 0.5) is 0 Å². The van der Waals surface area contributed by atoms with Crippen molar-refractivity contribution in [2.45, 2.75) is 19.5 Å². The lowest BCUT2D eigenvalue weighted by molar-refractivity contribution is 0.333. The van der Waals surface area contributed by atoms with Crippen molar-refractivity contribution in [1.29, 1.82) is 0 Å². The summed E-state index contributed by atoms with van der Waals surface area (Å²) in [5.74, 6) is 0. The second kappa shape index (κ2) is 6.64. The molecule has 18 heavy (non-hydrogen) atoms. The van der Waals surface area contributed by atoms with E-state index in [0.29, 0.717) is 6.54 Å². The van der Waals surface area contributed by atoms with Gasteiger partial charge in [-0.25, -0.2) is 0 Å². The van der Waals surface area contributed by atoms with E-state index in [9.17, 15) is 0 Å². The van der Waals surface area contributed by atoms with Crippen LogP contribution in [0.2, 0.25) is 0 Å². The predicted octanol–water partition coefficient (Wildman–Crippen LogP) is 2.28. The van der Waals surface area contributed by atoms with Crippen molar-refractivity contribution in [3.63, 3.8) is 0 Å². The van der Waals surface area contributed by atoms with Crippen LogP contribution in [0.15, 0.2) is 36.5 Å². The van der Waals surface area contributed by atoms with Gasteiger partial charge in [-0.05, 0) is 31.3 Å². The van der Waals surface area contributed by atoms with Gasteiger partial charge < -0.3 is 10.6 Å². The van der Waals surface area contributed by atoms with Crippen molar-refractivity contribution in [1.82, 2.24) is 9.88 Å². The van der Waals surface area contributed by atoms with Crippen molar-refractivity contribution in [2.75, 3.05) is 13.6 Å². The van der Waals surface area contributed by atoms with E-state index in [2.05, 4.69) is 35.1 Å². The molecule has 0 saturated carbocycles. The zero-order valence-electron chi connectivity index (χ0n) is 10.7. The van der Waals surface area contributed by atoms with Crippen LogP contribution in [0.25, 0.3) is 0 Å². The fourth-order valence-corrected chi connectivity index (χ4v) is 2.79. The van der Waals surface area contributed by atoms with Crippen LogP contribution >= 0.6 is 11.3 Å². The summed E-state index contributed by atoms with van der Waals surface area (Å²) >= 11 is 1.80. The smallest absolute Gasteiger partial charge is 0.0416 e. The molecule has 2 N–H and O–H groups in total. The van der Waals surface area contributed by atoms with Crippen LogP contribution in [0.5, 0.6) is 0 Å². The molecule has 0 fully saturated rings. The first-order valence-electron chi connectivity index (χ1n) is 6.14. The van der Waals surface area contributed by atoms with Crippen LogP contribution < -0.4 is 5.73 Å². The number of hydrogen-bond donors (Lipinski definition) is 1. The SMILES string of the molecule is CN(CCc1ccccn1)Cc1ccc(CN)s1. The summed E-state index contributed by atoms with van der Waals surface area (Å²) in [4.78, 5) is 9.28. The Balaban J connectivity index is 1.80. The van der Waals surface area contributed by atoms with Crippen LogP contribution in [0.3, 0.4) is 0 Å². The molecule has 0 saturated heterocycles. The Morgan fingerprint density at radius 3 is 2.72 bits per heavy atom. The Labute approximate surface area is 112 Å². The summed E-state index contributed by atoms with van der Waals surface area (Å²) in [6.07, 6.45) is 2.84. The van der Waals surface area contributed by atoms with Crippen molar-refractivity contribution in [2.24, 2.45) is 5.73 Å². The lowest BCUT2D eigenvalue weighted by atomic mass is 10.2. The summed E-state index contributed by atoms with van der Waals surface area (Å²) in [7, 11) is 2.14. The molecule has 0 spiro atoms. The van der Waals surface area contributed by atoms with Gasteiger partial charge >= 0.3 is 0 Å². The highest BCUT2D eigenvalue weighted by atomic mass is 32.1. The van der Waals surface area contributed by atoms with Crippen LogP contribution in [0.1, 0.15) is 15.4 Å². The molecule has 0 radical (unpaired) electrons. The van der Waals surface area contributed by atoms with Gasteiger partial charge in [0.25, 0.3) is 0 Å². The molecule has 4 heteroatoms. The number of hydrogen-bond acceptors (Lipinski definition) is 4. The number of rotatable bonds is 6. The Morgan fingerprint density at radius 1 is 1.22 bits per heavy atom. The third kappa shape index (κ3) is 3.91. The standard InChI is InChI=1S/C14H19N3S/c1-17(9-7-12-4-2-3-8-16-12)11-14-6-5-13(10-15)18-14/h2-6,8H,7,9-11,15H2,1H3. The summed E-state index contributed by atoms with van der Waals surface area (Å²) in [5, 5.41) is 0. The summed E-state index contributed by atoms with van der Waals surface area (Å²) in [5.41, 5.74) is 6.77. The van der Waals surface area contributed by atoms with Crippen molar-refractivity contribution < 1.29 is 0 Å². The normalized spacial score (nSPS) is 11.1. The van der Waals surface area contributed by atoms with Gasteiger partial charge in [0.2, 0.25) is 0 Å². The van der Waals surface area contributed by atoms with E-state index < -0.39 is 0 Å². The second-order valence-corrected chi connectivity index (χ2v) is 5.63. The lowest BCUT2D eigenvalue weighted by Crippen LogP contribution is -2.20. The monoisotopic (exact) mass is 261 g/mol. The van der Waals surface area contributed by atoms with Gasteiger partial charge in [-0.15, -0.1) is 11.3 Å². The summed E-state index contributed by atoms with van der Waals surface area (Å²) in [6, 6.07) is 10.4. The van der Waals surface area contributed by atoms with Gasteiger partial charge in [-0.1, -0.05) is 6.07 Å². The molecule has 2 rings (SSSR count). The average molecular weight is 261 g/mol. The first kappa shape index (κ1) is 13.2. The van der Waals surface area contributed by atoms with E-state index in [0.717, 1.165) is 25.2 Å². The molecule has 2 aromatic heterocycles. The predicted molar refractivity (Wildman–Crippen MR) is 76.5 cm³/mol. The average Bonchev–Trinajstić information content (AvgIpc) is 2.85. The molecule has 0 unspecified atom stereocenters. The molecule has 0 aliphatic rings. The Bertz CT molecular complexity index is 467.